The van der Waals surface area contributed by atoms with Crippen LogP contribution in [0.2, 0.25) is 0 Å². The number of carboxylic acid groups (broad SMARTS) is 1. The number of rotatable bonds is 3. The number of hydrogen-bond donors (Lipinski definition) is 2. The van der Waals surface area contributed by atoms with E-state index >= 15 is 0 Å². The van der Waals surface area contributed by atoms with Gasteiger partial charge in [0.2, 0.25) is 5.91 Å². The van der Waals surface area contributed by atoms with Gasteiger partial charge in [0.05, 0.1) is 6.54 Å². The summed E-state index contributed by atoms with van der Waals surface area (Å²) >= 11 is 0. The van der Waals surface area contributed by atoms with Crippen molar-refractivity contribution in [3.8, 4) is 0 Å². The third-order valence-electron chi connectivity index (χ3n) is 3.34. The molecule has 3 N–H and O–H groups in total. The highest BCUT2D eigenvalue weighted by Gasteiger charge is 2.25. The third kappa shape index (κ3) is 2.68. The molecule has 0 aromatic heterocycles. The summed E-state index contributed by atoms with van der Waals surface area (Å²) in [5, 5.41) is 9.03. The number of nitrogens with two attached hydrogens (primary N) is 1. The average molecular weight is 263 g/mol. The zero-order chi connectivity index (χ0) is 14.0. The predicted molar refractivity (Wildman–Crippen MR) is 70.9 cm³/mol. The Kier molecular flexibility index (Phi) is 3.71. The number of piperazine rings is 1. The molecule has 1 saturated heterocycles. The molecular formula is C13H17N3O3. The number of nitrogens with zero attached hydrogens (tertiary/aromatic N) is 2. The monoisotopic (exact) mass is 263 g/mol. The van der Waals surface area contributed by atoms with E-state index in [-0.39, 0.29) is 12.5 Å². The highest BCUT2D eigenvalue weighted by Crippen LogP contribution is 2.26. The number of carbonyl (C=O) groups excluding carboxylic acids is 1. The van der Waals surface area contributed by atoms with Crippen LogP contribution in [0.5, 0.6) is 0 Å². The maximum Gasteiger partial charge on any atom is 0.325 e. The first-order valence-electron chi connectivity index (χ1n) is 6.07. The summed E-state index contributed by atoms with van der Waals surface area (Å²) in [5.41, 5.74) is 6.94. The largest absolute Gasteiger partial charge is 0.480 e. The fourth-order valence-electron chi connectivity index (χ4n) is 2.14. The molecule has 1 unspecified atom stereocenters. The number of anilines is 1. The lowest BCUT2D eigenvalue weighted by atomic mass is 10.0. The van der Waals surface area contributed by atoms with Crippen LogP contribution >= 0.6 is 0 Å². The maximum absolute atomic E-state index is 11.7. The minimum absolute atomic E-state index is 0.0185. The molecule has 1 atom stereocenters. The van der Waals surface area contributed by atoms with Gasteiger partial charge in [0, 0.05) is 31.4 Å². The quantitative estimate of drug-likeness (QED) is 0.804. The van der Waals surface area contributed by atoms with Crippen molar-refractivity contribution in [1.29, 1.82) is 0 Å². The van der Waals surface area contributed by atoms with Crippen molar-refractivity contribution >= 4 is 17.6 Å². The number of hydrogen-bond acceptors (Lipinski definition) is 4. The summed E-state index contributed by atoms with van der Waals surface area (Å²) in [7, 11) is 1.76. The number of benzene rings is 1. The minimum atomic E-state index is -1.08. The van der Waals surface area contributed by atoms with Crippen LogP contribution in [0.1, 0.15) is 11.6 Å². The van der Waals surface area contributed by atoms with Gasteiger partial charge in [-0.2, -0.15) is 0 Å². The Morgan fingerprint density at radius 1 is 1.37 bits per heavy atom. The van der Waals surface area contributed by atoms with E-state index in [0.717, 1.165) is 5.69 Å². The second-order valence-electron chi connectivity index (χ2n) is 4.61. The second-order valence-corrected chi connectivity index (χ2v) is 4.61. The summed E-state index contributed by atoms with van der Waals surface area (Å²) in [6, 6.07) is 5.98. The molecule has 2 rings (SSSR count). The second kappa shape index (κ2) is 5.27. The third-order valence-corrected chi connectivity index (χ3v) is 3.34. The summed E-state index contributed by atoms with van der Waals surface area (Å²) in [6.07, 6.45) is 0. The number of carboxylic acids is 1. The zero-order valence-corrected chi connectivity index (χ0v) is 10.7. The molecule has 0 bridgehead atoms. The van der Waals surface area contributed by atoms with E-state index in [1.807, 2.05) is 11.0 Å². The molecule has 0 spiro atoms. The van der Waals surface area contributed by atoms with Crippen molar-refractivity contribution in [3.63, 3.8) is 0 Å². The molecule has 0 saturated carbocycles. The predicted octanol–water partition coefficient (Wildman–Crippen LogP) is 0.0494. The molecule has 1 fully saturated rings. The van der Waals surface area contributed by atoms with E-state index in [1.165, 1.54) is 0 Å². The van der Waals surface area contributed by atoms with Gasteiger partial charge in [0.15, 0.2) is 0 Å². The normalized spacial score (nSPS) is 17.5. The van der Waals surface area contributed by atoms with Crippen LogP contribution in [0.4, 0.5) is 5.69 Å². The highest BCUT2D eigenvalue weighted by molar-refractivity contribution is 5.84. The molecular weight excluding hydrogens is 246 g/mol. The van der Waals surface area contributed by atoms with Gasteiger partial charge in [0.1, 0.15) is 6.04 Å². The first-order valence-corrected chi connectivity index (χ1v) is 6.07. The molecule has 1 aromatic rings. The average Bonchev–Trinajstić information content (AvgIpc) is 2.41. The molecule has 102 valence electrons. The Labute approximate surface area is 111 Å². The van der Waals surface area contributed by atoms with Crippen molar-refractivity contribution < 1.29 is 14.7 Å². The van der Waals surface area contributed by atoms with Crippen molar-refractivity contribution in [2.45, 2.75) is 6.04 Å². The summed E-state index contributed by atoms with van der Waals surface area (Å²) < 4.78 is 0. The summed E-state index contributed by atoms with van der Waals surface area (Å²) in [5.74, 6) is -1.06. The smallest absolute Gasteiger partial charge is 0.325 e. The molecule has 1 aliphatic rings. The molecule has 6 heteroatoms. The van der Waals surface area contributed by atoms with Gasteiger partial charge in [-0.1, -0.05) is 18.2 Å². The number of para-hydroxylation sites is 1. The Hall–Kier alpha value is -2.08. The Balaban J connectivity index is 2.30. The lowest BCUT2D eigenvalue weighted by molar-refractivity contribution is -0.138. The lowest BCUT2D eigenvalue weighted by Crippen LogP contribution is -2.49. The molecule has 1 aliphatic heterocycles. The molecule has 6 nitrogen and oxygen atoms in total. The zero-order valence-electron chi connectivity index (χ0n) is 10.7. The van der Waals surface area contributed by atoms with Gasteiger partial charge in [-0.3, -0.25) is 9.59 Å². The van der Waals surface area contributed by atoms with Crippen LogP contribution < -0.4 is 10.6 Å². The van der Waals surface area contributed by atoms with E-state index in [2.05, 4.69) is 0 Å². The van der Waals surface area contributed by atoms with Crippen molar-refractivity contribution in [3.05, 3.63) is 29.8 Å². The number of amides is 1. The van der Waals surface area contributed by atoms with Gasteiger partial charge in [-0.05, 0) is 6.07 Å². The topological polar surface area (TPSA) is 86.9 Å². The Bertz CT molecular complexity index is 504. The van der Waals surface area contributed by atoms with Crippen LogP contribution in [0, 0.1) is 0 Å². The summed E-state index contributed by atoms with van der Waals surface area (Å²) in [6.45, 7) is 1.54. The first kappa shape index (κ1) is 13.4. The van der Waals surface area contributed by atoms with Crippen LogP contribution in [-0.4, -0.2) is 48.6 Å². The minimum Gasteiger partial charge on any atom is -0.480 e. The Morgan fingerprint density at radius 3 is 2.68 bits per heavy atom. The van der Waals surface area contributed by atoms with Crippen LogP contribution in [0.3, 0.4) is 0 Å². The van der Waals surface area contributed by atoms with Crippen molar-refractivity contribution in [2.24, 2.45) is 5.73 Å². The van der Waals surface area contributed by atoms with Gasteiger partial charge in [0.25, 0.3) is 0 Å². The number of likely N-dealkylation sites (N-methyl/N-ethyl adjacent to an activating group) is 1. The molecule has 19 heavy (non-hydrogen) atoms. The van der Waals surface area contributed by atoms with Crippen LogP contribution in [-0.2, 0) is 9.59 Å². The van der Waals surface area contributed by atoms with E-state index < -0.39 is 12.0 Å². The van der Waals surface area contributed by atoms with Crippen molar-refractivity contribution in [2.75, 3.05) is 31.6 Å². The van der Waals surface area contributed by atoms with Crippen LogP contribution in [0.15, 0.2) is 24.3 Å². The molecule has 1 heterocycles. The Morgan fingerprint density at radius 2 is 2.05 bits per heavy atom. The van der Waals surface area contributed by atoms with E-state index in [9.17, 15) is 9.59 Å². The SMILES string of the molecule is CN1CCN(c2ccccc2C(N)C(=O)O)CC1=O. The number of carbonyl (C=O) groups is 2. The fourth-order valence-corrected chi connectivity index (χ4v) is 2.14. The van der Waals surface area contributed by atoms with Gasteiger partial charge in [-0.25, -0.2) is 0 Å². The van der Waals surface area contributed by atoms with Gasteiger partial charge >= 0.3 is 5.97 Å². The number of aliphatic carboxylic acids is 1. The first-order chi connectivity index (χ1) is 9.00. The highest BCUT2D eigenvalue weighted by atomic mass is 16.4. The summed E-state index contributed by atoms with van der Waals surface area (Å²) in [4.78, 5) is 26.3. The maximum atomic E-state index is 11.7. The van der Waals surface area contributed by atoms with E-state index in [1.54, 1.807) is 30.1 Å². The van der Waals surface area contributed by atoms with Crippen molar-refractivity contribution in [1.82, 2.24) is 4.90 Å². The molecule has 0 aliphatic carbocycles. The van der Waals surface area contributed by atoms with E-state index in [4.69, 9.17) is 10.8 Å². The molecule has 1 amide bonds. The van der Waals surface area contributed by atoms with Gasteiger partial charge in [-0.15, -0.1) is 0 Å². The molecule has 0 radical (unpaired) electrons. The van der Waals surface area contributed by atoms with Gasteiger partial charge < -0.3 is 20.6 Å². The van der Waals surface area contributed by atoms with E-state index in [0.29, 0.717) is 18.7 Å². The van der Waals surface area contributed by atoms with Crippen LogP contribution in [0.25, 0.3) is 0 Å². The lowest BCUT2D eigenvalue weighted by Gasteiger charge is -2.35. The standard InChI is InChI=1S/C13H17N3O3/c1-15-6-7-16(8-11(15)17)10-5-3-2-4-9(10)12(14)13(18)19/h2-5,12H,6-8,14H2,1H3,(H,18,19). The molecule has 1 aromatic carbocycles. The fraction of sp³-hybridized carbons (Fsp3) is 0.385.